The molecule has 0 aromatic carbocycles. The summed E-state index contributed by atoms with van der Waals surface area (Å²) in [6.45, 7) is 7.25. The van der Waals surface area contributed by atoms with Gasteiger partial charge in [-0.25, -0.2) is 0 Å². The fourth-order valence-corrected chi connectivity index (χ4v) is 3.78. The predicted molar refractivity (Wildman–Crippen MR) is 76.9 cm³/mol. The lowest BCUT2D eigenvalue weighted by Gasteiger charge is -2.55. The Morgan fingerprint density at radius 3 is 2.47 bits per heavy atom. The maximum Gasteiger partial charge on any atom is 0.222 e. The Bertz CT molecular complexity index is 321. The van der Waals surface area contributed by atoms with Crippen molar-refractivity contribution in [1.29, 1.82) is 0 Å². The predicted octanol–water partition coefficient (Wildman–Crippen LogP) is 3.23. The number of ether oxygens (including phenoxy) is 1. The molecule has 2 atom stereocenters. The average molecular weight is 267 g/mol. The van der Waals surface area contributed by atoms with Crippen molar-refractivity contribution in [1.82, 2.24) is 4.90 Å². The fraction of sp³-hybridized carbons (Fsp3) is 0.938. The van der Waals surface area contributed by atoms with Crippen LogP contribution in [0.5, 0.6) is 0 Å². The van der Waals surface area contributed by atoms with Crippen LogP contribution in [-0.4, -0.2) is 36.6 Å². The van der Waals surface area contributed by atoms with Crippen LogP contribution in [0.2, 0.25) is 0 Å². The van der Waals surface area contributed by atoms with Gasteiger partial charge in [-0.15, -0.1) is 0 Å². The molecule has 110 valence electrons. The second-order valence-corrected chi connectivity index (χ2v) is 6.88. The summed E-state index contributed by atoms with van der Waals surface area (Å²) in [6, 6.07) is 0.345. The minimum Gasteiger partial charge on any atom is -0.378 e. The molecule has 0 heterocycles. The number of carbonyl (C=O) groups excluding carboxylic acids is 1. The maximum absolute atomic E-state index is 12.4. The second-order valence-electron chi connectivity index (χ2n) is 6.88. The van der Waals surface area contributed by atoms with Crippen LogP contribution in [0.15, 0.2) is 0 Å². The van der Waals surface area contributed by atoms with Gasteiger partial charge in [0, 0.05) is 31.5 Å². The smallest absolute Gasteiger partial charge is 0.222 e. The molecule has 0 radical (unpaired) electrons. The Hall–Kier alpha value is -0.570. The monoisotopic (exact) mass is 267 g/mol. The maximum atomic E-state index is 12.4. The van der Waals surface area contributed by atoms with E-state index in [1.54, 1.807) is 0 Å². The van der Waals surface area contributed by atoms with Gasteiger partial charge in [-0.2, -0.15) is 0 Å². The molecule has 0 N–H and O–H groups in total. The molecule has 19 heavy (non-hydrogen) atoms. The summed E-state index contributed by atoms with van der Waals surface area (Å²) in [4.78, 5) is 14.4. The van der Waals surface area contributed by atoms with E-state index in [0.29, 0.717) is 24.0 Å². The summed E-state index contributed by atoms with van der Waals surface area (Å²) in [7, 11) is 1.98. The lowest BCUT2D eigenvalue weighted by atomic mass is 9.63. The highest BCUT2D eigenvalue weighted by molar-refractivity contribution is 5.76. The highest BCUT2D eigenvalue weighted by atomic mass is 16.5. The Labute approximate surface area is 117 Å². The van der Waals surface area contributed by atoms with Crippen molar-refractivity contribution in [2.45, 2.75) is 71.4 Å². The number of hydrogen-bond acceptors (Lipinski definition) is 2. The quantitative estimate of drug-likeness (QED) is 0.765. The van der Waals surface area contributed by atoms with Crippen LogP contribution in [0, 0.1) is 11.3 Å². The van der Waals surface area contributed by atoms with Crippen molar-refractivity contribution in [3.05, 3.63) is 0 Å². The average Bonchev–Trinajstić information content (AvgIpc) is 2.86. The van der Waals surface area contributed by atoms with E-state index < -0.39 is 0 Å². The third-order valence-corrected chi connectivity index (χ3v) is 5.29. The lowest BCUT2D eigenvalue weighted by molar-refractivity contribution is -0.164. The SMILES string of the molecule is CCO[C@@H]1C[C@@H](N(C)C(=O)CC2CCCC2)C1(C)C. The number of hydrogen-bond donors (Lipinski definition) is 0. The molecule has 0 aliphatic heterocycles. The minimum atomic E-state index is 0.0933. The second kappa shape index (κ2) is 5.82. The number of carbonyl (C=O) groups is 1. The summed E-state index contributed by atoms with van der Waals surface area (Å²) < 4.78 is 5.75. The standard InChI is InChI=1S/C16H29NO2/c1-5-19-14-11-13(16(14,2)3)17(4)15(18)10-12-8-6-7-9-12/h12-14H,5-11H2,1-4H3/t13-,14-/m1/s1. The van der Waals surface area contributed by atoms with Crippen molar-refractivity contribution >= 4 is 5.91 Å². The zero-order valence-electron chi connectivity index (χ0n) is 12.9. The van der Waals surface area contributed by atoms with Gasteiger partial charge in [0.2, 0.25) is 5.91 Å². The molecule has 0 aromatic heterocycles. The van der Waals surface area contributed by atoms with E-state index in [1.807, 2.05) is 18.9 Å². The molecule has 0 unspecified atom stereocenters. The normalized spacial score (nSPS) is 30.1. The van der Waals surface area contributed by atoms with Crippen LogP contribution in [0.3, 0.4) is 0 Å². The first-order valence-electron chi connectivity index (χ1n) is 7.84. The molecule has 0 spiro atoms. The van der Waals surface area contributed by atoms with Crippen LogP contribution in [0.4, 0.5) is 0 Å². The first-order chi connectivity index (χ1) is 8.96. The van der Waals surface area contributed by atoms with Crippen LogP contribution in [-0.2, 0) is 9.53 Å². The van der Waals surface area contributed by atoms with Gasteiger partial charge >= 0.3 is 0 Å². The van der Waals surface area contributed by atoms with Gasteiger partial charge in [-0.1, -0.05) is 26.7 Å². The Kier molecular flexibility index (Phi) is 4.54. The molecule has 2 aliphatic carbocycles. The summed E-state index contributed by atoms with van der Waals surface area (Å²) in [5.41, 5.74) is 0.0933. The van der Waals surface area contributed by atoms with Gasteiger partial charge in [-0.05, 0) is 32.1 Å². The Morgan fingerprint density at radius 2 is 1.95 bits per heavy atom. The first-order valence-corrected chi connectivity index (χ1v) is 7.84. The highest BCUT2D eigenvalue weighted by Gasteiger charge is 2.51. The van der Waals surface area contributed by atoms with Crippen LogP contribution < -0.4 is 0 Å². The summed E-state index contributed by atoms with van der Waals surface area (Å²) in [5.74, 6) is 0.973. The third-order valence-electron chi connectivity index (χ3n) is 5.29. The summed E-state index contributed by atoms with van der Waals surface area (Å²) >= 11 is 0. The molecule has 0 saturated heterocycles. The van der Waals surface area contributed by atoms with E-state index in [-0.39, 0.29) is 5.41 Å². The van der Waals surface area contributed by atoms with Crippen molar-refractivity contribution in [3.63, 3.8) is 0 Å². The Morgan fingerprint density at radius 1 is 1.32 bits per heavy atom. The molecule has 2 fully saturated rings. The minimum absolute atomic E-state index is 0.0933. The van der Waals surface area contributed by atoms with Crippen molar-refractivity contribution in [3.8, 4) is 0 Å². The molecule has 0 aromatic rings. The molecule has 3 heteroatoms. The van der Waals surface area contributed by atoms with Gasteiger partial charge in [-0.3, -0.25) is 4.79 Å². The van der Waals surface area contributed by atoms with Crippen LogP contribution >= 0.6 is 0 Å². The van der Waals surface area contributed by atoms with Crippen LogP contribution in [0.1, 0.15) is 59.3 Å². The fourth-order valence-electron chi connectivity index (χ4n) is 3.78. The van der Waals surface area contributed by atoms with E-state index in [9.17, 15) is 4.79 Å². The highest BCUT2D eigenvalue weighted by Crippen LogP contribution is 2.45. The van der Waals surface area contributed by atoms with Gasteiger partial charge in [0.05, 0.1) is 6.10 Å². The largest absolute Gasteiger partial charge is 0.378 e. The van der Waals surface area contributed by atoms with E-state index in [2.05, 4.69) is 13.8 Å². The Balaban J connectivity index is 1.86. The van der Waals surface area contributed by atoms with Gasteiger partial charge < -0.3 is 9.64 Å². The van der Waals surface area contributed by atoms with Crippen molar-refractivity contribution in [2.24, 2.45) is 11.3 Å². The molecule has 1 amide bonds. The molecule has 3 nitrogen and oxygen atoms in total. The van der Waals surface area contributed by atoms with Gasteiger partial charge in [0.25, 0.3) is 0 Å². The van der Waals surface area contributed by atoms with E-state index in [1.165, 1.54) is 25.7 Å². The van der Waals surface area contributed by atoms with Crippen molar-refractivity contribution in [2.75, 3.05) is 13.7 Å². The zero-order valence-corrected chi connectivity index (χ0v) is 12.9. The number of nitrogens with zero attached hydrogens (tertiary/aromatic N) is 1. The number of rotatable bonds is 5. The first kappa shape index (κ1) is 14.8. The van der Waals surface area contributed by atoms with Crippen LogP contribution in [0.25, 0.3) is 0 Å². The molecular weight excluding hydrogens is 238 g/mol. The summed E-state index contributed by atoms with van der Waals surface area (Å²) in [5, 5.41) is 0. The third kappa shape index (κ3) is 2.96. The van der Waals surface area contributed by atoms with Gasteiger partial charge in [0.15, 0.2) is 0 Å². The molecule has 2 aliphatic rings. The zero-order chi connectivity index (χ0) is 14.0. The molecule has 2 saturated carbocycles. The van der Waals surface area contributed by atoms with E-state index in [0.717, 1.165) is 19.4 Å². The van der Waals surface area contributed by atoms with Crippen molar-refractivity contribution < 1.29 is 9.53 Å². The molecule has 2 rings (SSSR count). The topological polar surface area (TPSA) is 29.5 Å². The van der Waals surface area contributed by atoms with E-state index in [4.69, 9.17) is 4.74 Å². The van der Waals surface area contributed by atoms with E-state index >= 15 is 0 Å². The molecule has 0 bridgehead atoms. The molecular formula is C16H29NO2. The van der Waals surface area contributed by atoms with Gasteiger partial charge in [0.1, 0.15) is 0 Å². The number of amides is 1. The lowest BCUT2D eigenvalue weighted by Crippen LogP contribution is -2.62. The summed E-state index contributed by atoms with van der Waals surface area (Å²) in [6.07, 6.45) is 7.16.